The van der Waals surface area contributed by atoms with Crippen molar-refractivity contribution in [2.24, 2.45) is 0 Å². The van der Waals surface area contributed by atoms with E-state index in [1.54, 1.807) is 12.1 Å². The monoisotopic (exact) mass is 323 g/mol. The first kappa shape index (κ1) is 15.7. The number of nitrogens with zero attached hydrogens (tertiary/aromatic N) is 3. The Labute approximate surface area is 139 Å². The van der Waals surface area contributed by atoms with Crippen molar-refractivity contribution in [2.45, 2.75) is 19.8 Å². The van der Waals surface area contributed by atoms with Crippen LogP contribution in [0, 0.1) is 0 Å². The lowest BCUT2D eigenvalue weighted by molar-refractivity contribution is 0.0690. The number of benzene rings is 2. The van der Waals surface area contributed by atoms with Gasteiger partial charge >= 0.3 is 5.97 Å². The van der Waals surface area contributed by atoms with E-state index in [1.165, 1.54) is 11.8 Å². The van der Waals surface area contributed by atoms with Crippen LogP contribution in [0.3, 0.4) is 0 Å². The summed E-state index contributed by atoms with van der Waals surface area (Å²) < 4.78 is 0. The number of carboxylic acids is 1. The first-order chi connectivity index (χ1) is 11.5. The molecule has 0 saturated heterocycles. The standard InChI is InChI=1S/C18H17N3O3/c1-12(2)13-3-5-14(6-4-13)15-7-9-16(10-8-15)24-21-11-17(18(22)23)19-20-21/h3-12H,1-2H3,(H,22,23). The molecule has 122 valence electrons. The van der Waals surface area contributed by atoms with Gasteiger partial charge in [0.1, 0.15) is 6.20 Å². The van der Waals surface area contributed by atoms with Crippen molar-refractivity contribution in [1.82, 2.24) is 15.2 Å². The van der Waals surface area contributed by atoms with Gasteiger partial charge in [-0.1, -0.05) is 55.1 Å². The highest BCUT2D eigenvalue weighted by Gasteiger charge is 2.09. The molecule has 0 saturated carbocycles. The van der Waals surface area contributed by atoms with Gasteiger partial charge in [0, 0.05) is 0 Å². The maximum absolute atomic E-state index is 10.8. The van der Waals surface area contributed by atoms with Crippen LogP contribution in [-0.2, 0) is 0 Å². The second-order valence-corrected chi connectivity index (χ2v) is 5.70. The van der Waals surface area contributed by atoms with Crippen LogP contribution in [0.5, 0.6) is 5.75 Å². The van der Waals surface area contributed by atoms with Crippen molar-refractivity contribution in [1.29, 1.82) is 0 Å². The number of aromatic nitrogens is 3. The molecule has 2 aromatic carbocycles. The van der Waals surface area contributed by atoms with Gasteiger partial charge in [-0.2, -0.15) is 0 Å². The van der Waals surface area contributed by atoms with Gasteiger partial charge in [0.05, 0.1) is 0 Å². The Morgan fingerprint density at radius 2 is 1.62 bits per heavy atom. The van der Waals surface area contributed by atoms with E-state index in [1.807, 2.05) is 12.1 Å². The molecule has 1 N–H and O–H groups in total. The lowest BCUT2D eigenvalue weighted by Gasteiger charge is -2.08. The van der Waals surface area contributed by atoms with E-state index in [-0.39, 0.29) is 5.69 Å². The molecule has 1 aromatic heterocycles. The highest BCUT2D eigenvalue weighted by atomic mass is 16.7. The average Bonchev–Trinajstić information content (AvgIpc) is 3.04. The lowest BCUT2D eigenvalue weighted by atomic mass is 9.99. The van der Waals surface area contributed by atoms with Gasteiger partial charge in [0.15, 0.2) is 11.4 Å². The Bertz CT molecular complexity index is 837. The summed E-state index contributed by atoms with van der Waals surface area (Å²) in [4.78, 5) is 17.2. The van der Waals surface area contributed by atoms with E-state index in [0.29, 0.717) is 11.7 Å². The quantitative estimate of drug-likeness (QED) is 0.776. The van der Waals surface area contributed by atoms with E-state index in [2.05, 4.69) is 48.4 Å². The van der Waals surface area contributed by atoms with Crippen LogP contribution in [0.1, 0.15) is 35.8 Å². The Morgan fingerprint density at radius 1 is 1.04 bits per heavy atom. The number of carboxylic acid groups (broad SMARTS) is 1. The predicted molar refractivity (Wildman–Crippen MR) is 89.0 cm³/mol. The Morgan fingerprint density at radius 3 is 2.12 bits per heavy atom. The minimum absolute atomic E-state index is 0.170. The molecule has 0 amide bonds. The van der Waals surface area contributed by atoms with Gasteiger partial charge in [0.25, 0.3) is 0 Å². The molecule has 0 aliphatic carbocycles. The van der Waals surface area contributed by atoms with Gasteiger partial charge in [-0.15, -0.1) is 5.10 Å². The third-order valence-electron chi connectivity index (χ3n) is 3.66. The zero-order chi connectivity index (χ0) is 17.1. The smallest absolute Gasteiger partial charge is 0.358 e. The summed E-state index contributed by atoms with van der Waals surface area (Å²) in [6.45, 7) is 4.34. The fourth-order valence-corrected chi connectivity index (χ4v) is 2.27. The van der Waals surface area contributed by atoms with E-state index in [9.17, 15) is 4.79 Å². The Balaban J connectivity index is 1.73. The summed E-state index contributed by atoms with van der Waals surface area (Å²) in [6.07, 6.45) is 1.21. The predicted octanol–water partition coefficient (Wildman–Crippen LogP) is 3.61. The van der Waals surface area contributed by atoms with Gasteiger partial charge in [0.2, 0.25) is 0 Å². The summed E-state index contributed by atoms with van der Waals surface area (Å²) in [7, 11) is 0. The molecular weight excluding hydrogens is 306 g/mol. The first-order valence-electron chi connectivity index (χ1n) is 7.57. The normalized spacial score (nSPS) is 10.8. The summed E-state index contributed by atoms with van der Waals surface area (Å²) >= 11 is 0. The molecule has 0 unspecified atom stereocenters. The van der Waals surface area contributed by atoms with Gasteiger partial charge in [-0.25, -0.2) is 4.79 Å². The van der Waals surface area contributed by atoms with E-state index >= 15 is 0 Å². The van der Waals surface area contributed by atoms with Crippen LogP contribution in [-0.4, -0.2) is 26.2 Å². The van der Waals surface area contributed by atoms with Crippen molar-refractivity contribution in [3.8, 4) is 16.9 Å². The van der Waals surface area contributed by atoms with Crippen molar-refractivity contribution >= 4 is 5.97 Å². The highest BCUT2D eigenvalue weighted by molar-refractivity contribution is 5.84. The zero-order valence-corrected chi connectivity index (χ0v) is 13.4. The van der Waals surface area contributed by atoms with Gasteiger partial charge in [-0.05, 0) is 40.0 Å². The molecule has 6 heteroatoms. The summed E-state index contributed by atoms with van der Waals surface area (Å²) in [5.41, 5.74) is 3.33. The SMILES string of the molecule is CC(C)c1ccc(-c2ccc(On3cc(C(=O)O)nn3)cc2)cc1. The number of carbonyl (C=O) groups is 1. The second kappa shape index (κ2) is 6.54. The van der Waals surface area contributed by atoms with Crippen LogP contribution >= 0.6 is 0 Å². The molecule has 24 heavy (non-hydrogen) atoms. The number of aromatic carboxylic acids is 1. The van der Waals surface area contributed by atoms with Crippen molar-refractivity contribution in [3.63, 3.8) is 0 Å². The summed E-state index contributed by atoms with van der Waals surface area (Å²) in [5, 5.41) is 15.9. The van der Waals surface area contributed by atoms with Crippen LogP contribution in [0.15, 0.2) is 54.7 Å². The average molecular weight is 323 g/mol. The highest BCUT2D eigenvalue weighted by Crippen LogP contribution is 2.24. The molecule has 0 bridgehead atoms. The number of hydrogen-bond donors (Lipinski definition) is 1. The Kier molecular flexibility index (Phi) is 4.29. The molecule has 0 aliphatic heterocycles. The molecule has 6 nitrogen and oxygen atoms in total. The second-order valence-electron chi connectivity index (χ2n) is 5.70. The van der Waals surface area contributed by atoms with E-state index in [0.717, 1.165) is 16.0 Å². The number of rotatable bonds is 5. The minimum Gasteiger partial charge on any atom is -0.476 e. The summed E-state index contributed by atoms with van der Waals surface area (Å²) in [5.74, 6) is -0.0994. The molecule has 1 heterocycles. The molecule has 0 aliphatic rings. The van der Waals surface area contributed by atoms with Gasteiger partial charge in [-0.3, -0.25) is 0 Å². The minimum atomic E-state index is -1.15. The molecule has 3 aromatic rings. The van der Waals surface area contributed by atoms with Crippen LogP contribution in [0.25, 0.3) is 11.1 Å². The number of hydrogen-bond acceptors (Lipinski definition) is 4. The largest absolute Gasteiger partial charge is 0.476 e. The van der Waals surface area contributed by atoms with E-state index in [4.69, 9.17) is 9.94 Å². The maximum Gasteiger partial charge on any atom is 0.358 e. The molecule has 0 radical (unpaired) electrons. The molecule has 0 atom stereocenters. The molecule has 0 spiro atoms. The first-order valence-corrected chi connectivity index (χ1v) is 7.57. The molecule has 0 fully saturated rings. The van der Waals surface area contributed by atoms with E-state index < -0.39 is 5.97 Å². The molecular formula is C18H17N3O3. The van der Waals surface area contributed by atoms with Crippen molar-refractivity contribution < 1.29 is 14.7 Å². The van der Waals surface area contributed by atoms with Gasteiger partial charge < -0.3 is 9.94 Å². The lowest BCUT2D eigenvalue weighted by Crippen LogP contribution is -2.05. The Hall–Kier alpha value is -3.15. The maximum atomic E-state index is 10.8. The fraction of sp³-hybridized carbons (Fsp3) is 0.167. The zero-order valence-electron chi connectivity index (χ0n) is 13.4. The summed E-state index contributed by atoms with van der Waals surface area (Å²) in [6, 6.07) is 15.9. The van der Waals surface area contributed by atoms with Crippen molar-refractivity contribution in [3.05, 3.63) is 66.0 Å². The van der Waals surface area contributed by atoms with Crippen LogP contribution < -0.4 is 4.84 Å². The third kappa shape index (κ3) is 3.43. The van der Waals surface area contributed by atoms with Crippen LogP contribution in [0.2, 0.25) is 0 Å². The fourth-order valence-electron chi connectivity index (χ4n) is 2.27. The van der Waals surface area contributed by atoms with Crippen LogP contribution in [0.4, 0.5) is 0 Å². The third-order valence-corrected chi connectivity index (χ3v) is 3.66. The molecule has 3 rings (SSSR count). The van der Waals surface area contributed by atoms with Crippen molar-refractivity contribution in [2.75, 3.05) is 0 Å². The topological polar surface area (TPSA) is 77.2 Å².